The smallest absolute Gasteiger partial charge is 0.119 e. The lowest BCUT2D eigenvalue weighted by molar-refractivity contribution is -0.0108. The van der Waals surface area contributed by atoms with Crippen molar-refractivity contribution in [2.45, 2.75) is 46.4 Å². The number of hydrogen-bond donors (Lipinski definition) is 1. The first-order chi connectivity index (χ1) is 10.4. The highest BCUT2D eigenvalue weighted by Gasteiger charge is 2.14. The van der Waals surface area contributed by atoms with Gasteiger partial charge in [0, 0.05) is 19.6 Å². The zero-order chi connectivity index (χ0) is 16.5. The van der Waals surface area contributed by atoms with E-state index < -0.39 is 6.10 Å². The van der Waals surface area contributed by atoms with Crippen LogP contribution in [0.1, 0.15) is 33.3 Å². The topological polar surface area (TPSA) is 41.9 Å². The molecule has 1 rings (SSSR count). The molecule has 0 spiro atoms. The highest BCUT2D eigenvalue weighted by atomic mass is 16.5. The maximum Gasteiger partial charge on any atom is 0.119 e. The Bertz CT molecular complexity index is 421. The van der Waals surface area contributed by atoms with Gasteiger partial charge in [-0.3, -0.25) is 4.90 Å². The van der Waals surface area contributed by atoms with Crippen molar-refractivity contribution in [3.05, 3.63) is 29.8 Å². The third-order valence-corrected chi connectivity index (χ3v) is 3.25. The van der Waals surface area contributed by atoms with Crippen LogP contribution < -0.4 is 4.74 Å². The number of ether oxygens (including phenoxy) is 2. The van der Waals surface area contributed by atoms with Crippen LogP contribution in [0.3, 0.4) is 0 Å². The summed E-state index contributed by atoms with van der Waals surface area (Å²) in [6.07, 6.45) is -0.321. The first-order valence-electron chi connectivity index (χ1n) is 8.05. The molecule has 1 aromatic carbocycles. The van der Waals surface area contributed by atoms with Crippen LogP contribution >= 0.6 is 0 Å². The summed E-state index contributed by atoms with van der Waals surface area (Å²) in [6, 6.07) is 8.08. The molecule has 4 heteroatoms. The second kappa shape index (κ2) is 9.82. The Morgan fingerprint density at radius 3 is 2.45 bits per heavy atom. The van der Waals surface area contributed by atoms with Crippen LogP contribution in [0, 0.1) is 5.92 Å². The van der Waals surface area contributed by atoms with Crippen molar-refractivity contribution >= 4 is 0 Å². The van der Waals surface area contributed by atoms with Gasteiger partial charge in [-0.15, -0.1) is 0 Å². The minimum atomic E-state index is -0.466. The van der Waals surface area contributed by atoms with E-state index in [1.165, 1.54) is 5.56 Å². The molecule has 0 heterocycles. The molecular formula is C18H31NO3. The van der Waals surface area contributed by atoms with Gasteiger partial charge in [-0.2, -0.15) is 0 Å². The molecule has 0 amide bonds. The minimum absolute atomic E-state index is 0.145. The molecule has 22 heavy (non-hydrogen) atoms. The Kier molecular flexibility index (Phi) is 8.46. The fourth-order valence-corrected chi connectivity index (χ4v) is 2.40. The number of methoxy groups -OCH3 is 1. The Morgan fingerprint density at radius 2 is 1.86 bits per heavy atom. The maximum absolute atomic E-state index is 10.2. The Hall–Kier alpha value is -1.10. The Morgan fingerprint density at radius 1 is 1.14 bits per heavy atom. The number of aliphatic hydroxyl groups excluding tert-OH is 1. The summed E-state index contributed by atoms with van der Waals surface area (Å²) in [6.45, 7) is 11.1. The molecule has 0 aromatic heterocycles. The van der Waals surface area contributed by atoms with E-state index in [1.54, 1.807) is 7.11 Å². The monoisotopic (exact) mass is 309 g/mol. The zero-order valence-corrected chi connectivity index (χ0v) is 14.6. The molecule has 1 aromatic rings. The first kappa shape index (κ1) is 18.9. The zero-order valence-electron chi connectivity index (χ0n) is 14.6. The number of nitrogens with zero attached hydrogens (tertiary/aromatic N) is 1. The van der Waals surface area contributed by atoms with E-state index >= 15 is 0 Å². The third-order valence-electron chi connectivity index (χ3n) is 3.25. The van der Waals surface area contributed by atoms with Gasteiger partial charge in [-0.1, -0.05) is 26.0 Å². The molecule has 1 atom stereocenters. The van der Waals surface area contributed by atoms with Crippen LogP contribution in [0.4, 0.5) is 0 Å². The summed E-state index contributed by atoms with van der Waals surface area (Å²) in [4.78, 5) is 2.27. The summed E-state index contributed by atoms with van der Waals surface area (Å²) in [7, 11) is 1.68. The van der Waals surface area contributed by atoms with E-state index in [2.05, 4.69) is 24.8 Å². The van der Waals surface area contributed by atoms with Gasteiger partial charge < -0.3 is 14.6 Å². The first-order valence-corrected chi connectivity index (χ1v) is 8.05. The van der Waals surface area contributed by atoms with Gasteiger partial charge in [0.1, 0.15) is 5.75 Å². The number of hydrogen-bond acceptors (Lipinski definition) is 4. The molecule has 0 fully saturated rings. The maximum atomic E-state index is 10.2. The standard InChI is InChI=1S/C18H31NO3/c1-14(2)10-19(12-17(20)13-22-15(3)4)11-16-7-6-8-18(9-16)21-5/h6-9,14-15,17,20H,10-13H2,1-5H3. The number of benzene rings is 1. The van der Waals surface area contributed by atoms with E-state index in [0.29, 0.717) is 19.1 Å². The normalized spacial score (nSPS) is 13.1. The lowest BCUT2D eigenvalue weighted by Crippen LogP contribution is -2.37. The molecule has 0 saturated carbocycles. The van der Waals surface area contributed by atoms with Crippen LogP contribution in [-0.2, 0) is 11.3 Å². The number of rotatable bonds is 10. The van der Waals surface area contributed by atoms with Crippen molar-refractivity contribution in [3.8, 4) is 5.75 Å². The van der Waals surface area contributed by atoms with Gasteiger partial charge in [0.15, 0.2) is 0 Å². The van der Waals surface area contributed by atoms with Crippen molar-refractivity contribution in [1.82, 2.24) is 4.90 Å². The van der Waals surface area contributed by atoms with Gasteiger partial charge in [0.2, 0.25) is 0 Å². The summed E-state index contributed by atoms with van der Waals surface area (Å²) >= 11 is 0. The van der Waals surface area contributed by atoms with Gasteiger partial charge in [-0.25, -0.2) is 0 Å². The van der Waals surface area contributed by atoms with Gasteiger partial charge in [-0.05, 0) is 37.5 Å². The molecule has 4 nitrogen and oxygen atoms in total. The predicted molar refractivity (Wildman–Crippen MR) is 90.2 cm³/mol. The molecule has 1 N–H and O–H groups in total. The Labute approximate surface area is 135 Å². The van der Waals surface area contributed by atoms with Crippen molar-refractivity contribution in [1.29, 1.82) is 0 Å². The third kappa shape index (κ3) is 7.78. The van der Waals surface area contributed by atoms with Crippen LogP contribution in [0.5, 0.6) is 5.75 Å². The van der Waals surface area contributed by atoms with Crippen LogP contribution in [0.2, 0.25) is 0 Å². The fourth-order valence-electron chi connectivity index (χ4n) is 2.40. The highest BCUT2D eigenvalue weighted by Crippen LogP contribution is 2.15. The second-order valence-corrected chi connectivity index (χ2v) is 6.48. The minimum Gasteiger partial charge on any atom is -0.497 e. The molecule has 0 aliphatic rings. The average molecular weight is 309 g/mol. The molecule has 0 saturated heterocycles. The highest BCUT2D eigenvalue weighted by molar-refractivity contribution is 5.28. The van der Waals surface area contributed by atoms with E-state index in [1.807, 2.05) is 32.0 Å². The second-order valence-electron chi connectivity index (χ2n) is 6.48. The van der Waals surface area contributed by atoms with E-state index in [-0.39, 0.29) is 6.10 Å². The largest absolute Gasteiger partial charge is 0.497 e. The van der Waals surface area contributed by atoms with Crippen molar-refractivity contribution < 1.29 is 14.6 Å². The van der Waals surface area contributed by atoms with Crippen LogP contribution in [0.15, 0.2) is 24.3 Å². The summed E-state index contributed by atoms with van der Waals surface area (Å²) < 4.78 is 10.8. The summed E-state index contributed by atoms with van der Waals surface area (Å²) in [5, 5.41) is 10.2. The molecule has 0 aliphatic carbocycles. The lowest BCUT2D eigenvalue weighted by atomic mass is 10.1. The van der Waals surface area contributed by atoms with Crippen molar-refractivity contribution in [3.63, 3.8) is 0 Å². The molecule has 0 aliphatic heterocycles. The number of aliphatic hydroxyl groups is 1. The van der Waals surface area contributed by atoms with Gasteiger partial charge in [0.05, 0.1) is 25.9 Å². The van der Waals surface area contributed by atoms with E-state index in [0.717, 1.165) is 18.8 Å². The van der Waals surface area contributed by atoms with Gasteiger partial charge >= 0.3 is 0 Å². The van der Waals surface area contributed by atoms with Crippen LogP contribution in [-0.4, -0.2) is 49.0 Å². The van der Waals surface area contributed by atoms with Crippen molar-refractivity contribution in [2.24, 2.45) is 5.92 Å². The fraction of sp³-hybridized carbons (Fsp3) is 0.667. The lowest BCUT2D eigenvalue weighted by Gasteiger charge is -2.27. The quantitative estimate of drug-likeness (QED) is 0.721. The van der Waals surface area contributed by atoms with E-state index in [9.17, 15) is 5.11 Å². The summed E-state index contributed by atoms with van der Waals surface area (Å²) in [5.41, 5.74) is 1.19. The van der Waals surface area contributed by atoms with Gasteiger partial charge in [0.25, 0.3) is 0 Å². The van der Waals surface area contributed by atoms with Crippen LogP contribution in [0.25, 0.3) is 0 Å². The Balaban J connectivity index is 2.62. The average Bonchev–Trinajstić information content (AvgIpc) is 2.44. The SMILES string of the molecule is COc1cccc(CN(CC(C)C)CC(O)COC(C)C)c1. The van der Waals surface area contributed by atoms with Crippen molar-refractivity contribution in [2.75, 3.05) is 26.8 Å². The molecule has 0 radical (unpaired) electrons. The molecular weight excluding hydrogens is 278 g/mol. The van der Waals surface area contributed by atoms with E-state index in [4.69, 9.17) is 9.47 Å². The molecule has 0 bridgehead atoms. The molecule has 1 unspecified atom stereocenters. The predicted octanol–water partition coefficient (Wildman–Crippen LogP) is 2.94. The summed E-state index contributed by atoms with van der Waals surface area (Å²) in [5.74, 6) is 1.41. The molecule has 126 valence electrons.